The van der Waals surface area contributed by atoms with Gasteiger partial charge in [0, 0.05) is 18.2 Å². The summed E-state index contributed by atoms with van der Waals surface area (Å²) in [4.78, 5) is 0. The lowest BCUT2D eigenvalue weighted by molar-refractivity contribution is 0.0271. The van der Waals surface area contributed by atoms with E-state index in [1.165, 1.54) is 44.2 Å². The molecule has 1 N–H and O–H groups in total. The van der Waals surface area contributed by atoms with Crippen molar-refractivity contribution in [2.45, 2.75) is 57.6 Å². The smallest absolute Gasteiger partial charge is 0.128 e. The molecule has 1 atom stereocenters. The van der Waals surface area contributed by atoms with Gasteiger partial charge in [-0.05, 0) is 50.9 Å². The summed E-state index contributed by atoms with van der Waals surface area (Å²) in [6.07, 6.45) is 7.56. The maximum atomic E-state index is 13.6. The van der Waals surface area contributed by atoms with Crippen LogP contribution in [0.2, 0.25) is 0 Å². The van der Waals surface area contributed by atoms with Crippen molar-refractivity contribution in [2.75, 3.05) is 13.2 Å². The molecular weight excluding hydrogens is 272 g/mol. The Morgan fingerprint density at radius 1 is 1.24 bits per heavy atom. The summed E-state index contributed by atoms with van der Waals surface area (Å²) in [6, 6.07) is 3.37. The highest BCUT2D eigenvalue weighted by atomic mass is 19.1. The Morgan fingerprint density at radius 2 is 2.00 bits per heavy atom. The normalized spacial score (nSPS) is 17.9. The molecule has 1 aromatic rings. The van der Waals surface area contributed by atoms with Crippen molar-refractivity contribution in [2.24, 2.45) is 0 Å². The van der Waals surface area contributed by atoms with Crippen molar-refractivity contribution >= 4 is 0 Å². The predicted molar refractivity (Wildman–Crippen MR) is 80.2 cm³/mol. The van der Waals surface area contributed by atoms with Gasteiger partial charge < -0.3 is 10.1 Å². The Balaban J connectivity index is 1.64. The molecule has 1 aromatic carbocycles. The number of nitrogens with one attached hydrogen (secondary N) is 1. The van der Waals surface area contributed by atoms with Gasteiger partial charge >= 0.3 is 0 Å². The predicted octanol–water partition coefficient (Wildman–Crippen LogP) is 4.35. The van der Waals surface area contributed by atoms with Crippen LogP contribution >= 0.6 is 0 Å². The number of ether oxygens (including phenoxy) is 1. The molecule has 1 unspecified atom stereocenters. The highest BCUT2D eigenvalue weighted by Gasteiger charge is 2.14. The lowest BCUT2D eigenvalue weighted by atomic mass is 9.98. The van der Waals surface area contributed by atoms with Crippen molar-refractivity contribution in [3.63, 3.8) is 0 Å². The zero-order chi connectivity index (χ0) is 15.1. The first kappa shape index (κ1) is 16.4. The number of halogens is 2. The fourth-order valence-electron chi connectivity index (χ4n) is 2.83. The largest absolute Gasteiger partial charge is 0.378 e. The van der Waals surface area contributed by atoms with Crippen LogP contribution in [-0.4, -0.2) is 19.3 Å². The second kappa shape index (κ2) is 8.44. The lowest BCUT2D eigenvalue weighted by Gasteiger charge is -2.22. The molecule has 0 spiro atoms. The van der Waals surface area contributed by atoms with Crippen LogP contribution in [0, 0.1) is 11.6 Å². The average Bonchev–Trinajstić information content (AvgIpc) is 2.50. The maximum Gasteiger partial charge on any atom is 0.128 e. The first-order valence-electron chi connectivity index (χ1n) is 7.97. The molecule has 2 nitrogen and oxygen atoms in total. The Labute approximate surface area is 125 Å². The molecule has 0 aromatic heterocycles. The van der Waals surface area contributed by atoms with Crippen LogP contribution in [-0.2, 0) is 4.74 Å². The van der Waals surface area contributed by atoms with Gasteiger partial charge in [0.25, 0.3) is 0 Å². The Hall–Kier alpha value is -1.00. The van der Waals surface area contributed by atoms with Gasteiger partial charge in [-0.15, -0.1) is 0 Å². The number of hydrogen-bond donors (Lipinski definition) is 1. The number of rotatable bonds is 7. The summed E-state index contributed by atoms with van der Waals surface area (Å²) in [5.41, 5.74) is 0.378. The van der Waals surface area contributed by atoms with Gasteiger partial charge in [-0.2, -0.15) is 0 Å². The minimum atomic E-state index is -0.402. The summed E-state index contributed by atoms with van der Waals surface area (Å²) >= 11 is 0. The minimum absolute atomic E-state index is 0.199. The van der Waals surface area contributed by atoms with Crippen LogP contribution in [0.5, 0.6) is 0 Å². The third-order valence-corrected chi connectivity index (χ3v) is 4.10. The Bertz CT molecular complexity index is 433. The van der Waals surface area contributed by atoms with E-state index >= 15 is 0 Å². The molecule has 0 bridgehead atoms. The molecular formula is C17H25F2NO. The van der Waals surface area contributed by atoms with E-state index in [0.29, 0.717) is 11.7 Å². The first-order valence-corrected chi connectivity index (χ1v) is 7.97. The van der Waals surface area contributed by atoms with E-state index in [4.69, 9.17) is 4.74 Å². The molecule has 4 heteroatoms. The van der Waals surface area contributed by atoms with Gasteiger partial charge in [0.2, 0.25) is 0 Å². The monoisotopic (exact) mass is 297 g/mol. The van der Waals surface area contributed by atoms with E-state index in [-0.39, 0.29) is 11.9 Å². The molecule has 0 amide bonds. The summed E-state index contributed by atoms with van der Waals surface area (Å²) in [7, 11) is 0. The first-order chi connectivity index (χ1) is 10.2. The molecule has 0 saturated heterocycles. The van der Waals surface area contributed by atoms with E-state index in [2.05, 4.69) is 5.32 Å². The number of hydrogen-bond acceptors (Lipinski definition) is 2. The van der Waals surface area contributed by atoms with Gasteiger partial charge in [-0.3, -0.25) is 0 Å². The van der Waals surface area contributed by atoms with Crippen LogP contribution in [0.4, 0.5) is 8.78 Å². The van der Waals surface area contributed by atoms with Crippen LogP contribution < -0.4 is 5.32 Å². The highest BCUT2D eigenvalue weighted by Crippen LogP contribution is 2.20. The van der Waals surface area contributed by atoms with E-state index < -0.39 is 5.82 Å². The van der Waals surface area contributed by atoms with E-state index in [9.17, 15) is 8.78 Å². The fourth-order valence-corrected chi connectivity index (χ4v) is 2.83. The third-order valence-electron chi connectivity index (χ3n) is 4.10. The van der Waals surface area contributed by atoms with Crippen LogP contribution in [0.1, 0.15) is 57.1 Å². The van der Waals surface area contributed by atoms with E-state index in [1.54, 1.807) is 0 Å². The molecule has 1 aliphatic carbocycles. The molecule has 1 saturated carbocycles. The van der Waals surface area contributed by atoms with Gasteiger partial charge in [0.05, 0.1) is 6.10 Å². The van der Waals surface area contributed by atoms with Crippen LogP contribution in [0.15, 0.2) is 18.2 Å². The topological polar surface area (TPSA) is 21.3 Å². The van der Waals surface area contributed by atoms with Gasteiger partial charge in [-0.1, -0.05) is 19.3 Å². The standard InChI is InChI=1S/C17H25F2NO/c1-13(16-12-14(18)8-9-17(16)19)20-10-5-11-21-15-6-3-2-4-7-15/h8-9,12-13,15,20H,2-7,10-11H2,1H3. The molecule has 1 fully saturated rings. The summed E-state index contributed by atoms with van der Waals surface area (Å²) in [5, 5.41) is 3.22. The minimum Gasteiger partial charge on any atom is -0.378 e. The second-order valence-electron chi connectivity index (χ2n) is 5.83. The zero-order valence-electron chi connectivity index (χ0n) is 12.7. The molecule has 1 aliphatic rings. The fraction of sp³-hybridized carbons (Fsp3) is 0.647. The summed E-state index contributed by atoms with van der Waals surface area (Å²) < 4.78 is 32.6. The summed E-state index contributed by atoms with van der Waals surface area (Å²) in [6.45, 7) is 3.32. The average molecular weight is 297 g/mol. The molecule has 2 rings (SSSR count). The Morgan fingerprint density at radius 3 is 2.76 bits per heavy atom. The molecule has 21 heavy (non-hydrogen) atoms. The zero-order valence-corrected chi connectivity index (χ0v) is 12.7. The van der Waals surface area contributed by atoms with Crippen LogP contribution in [0.3, 0.4) is 0 Å². The molecule has 0 heterocycles. The van der Waals surface area contributed by atoms with E-state index in [1.807, 2.05) is 6.92 Å². The Kier molecular flexibility index (Phi) is 6.58. The van der Waals surface area contributed by atoms with Gasteiger partial charge in [0.1, 0.15) is 11.6 Å². The van der Waals surface area contributed by atoms with Crippen molar-refractivity contribution in [3.05, 3.63) is 35.4 Å². The number of benzene rings is 1. The molecule has 0 radical (unpaired) electrons. The van der Waals surface area contributed by atoms with E-state index in [0.717, 1.165) is 25.6 Å². The second-order valence-corrected chi connectivity index (χ2v) is 5.83. The van der Waals surface area contributed by atoms with Crippen molar-refractivity contribution in [3.8, 4) is 0 Å². The SMILES string of the molecule is CC(NCCCOC1CCCCC1)c1cc(F)ccc1F. The lowest BCUT2D eigenvalue weighted by Crippen LogP contribution is -2.23. The van der Waals surface area contributed by atoms with Crippen molar-refractivity contribution in [1.82, 2.24) is 5.32 Å². The summed E-state index contributed by atoms with van der Waals surface area (Å²) in [5.74, 6) is -0.768. The van der Waals surface area contributed by atoms with Gasteiger partial charge in [0.15, 0.2) is 0 Å². The van der Waals surface area contributed by atoms with Gasteiger partial charge in [-0.25, -0.2) is 8.78 Å². The van der Waals surface area contributed by atoms with Crippen molar-refractivity contribution < 1.29 is 13.5 Å². The quantitative estimate of drug-likeness (QED) is 0.755. The third kappa shape index (κ3) is 5.36. The molecule has 118 valence electrons. The molecule has 0 aliphatic heterocycles. The maximum absolute atomic E-state index is 13.6. The van der Waals surface area contributed by atoms with Crippen LogP contribution in [0.25, 0.3) is 0 Å². The highest BCUT2D eigenvalue weighted by molar-refractivity contribution is 5.21. The van der Waals surface area contributed by atoms with Crippen molar-refractivity contribution in [1.29, 1.82) is 0 Å².